The molecule has 1 aromatic rings. The van der Waals surface area contributed by atoms with Crippen molar-refractivity contribution in [2.75, 3.05) is 46.8 Å². The second-order valence-corrected chi connectivity index (χ2v) is 6.66. The minimum absolute atomic E-state index is 0.0967. The molecule has 0 saturated carbocycles. The van der Waals surface area contributed by atoms with E-state index in [0.717, 1.165) is 45.7 Å². The fourth-order valence-corrected chi connectivity index (χ4v) is 3.39. The van der Waals surface area contributed by atoms with Crippen LogP contribution in [0.3, 0.4) is 0 Å². The van der Waals surface area contributed by atoms with Gasteiger partial charge in [-0.25, -0.2) is 0 Å². The van der Waals surface area contributed by atoms with Crippen LogP contribution in [0.4, 0.5) is 0 Å². The van der Waals surface area contributed by atoms with E-state index in [4.69, 9.17) is 0 Å². The Morgan fingerprint density at radius 3 is 2.64 bits per heavy atom. The Bertz CT molecular complexity index is 507. The quantitative estimate of drug-likeness (QED) is 0.814. The summed E-state index contributed by atoms with van der Waals surface area (Å²) >= 11 is 0. The molecule has 6 heteroatoms. The van der Waals surface area contributed by atoms with Crippen molar-refractivity contribution < 1.29 is 4.79 Å². The number of carbonyl (C=O) groups excluding carboxylic acids is 1. The van der Waals surface area contributed by atoms with Gasteiger partial charge in [0.15, 0.2) is 5.69 Å². The summed E-state index contributed by atoms with van der Waals surface area (Å²) in [6.07, 6.45) is 2.16. The molecule has 1 amide bonds. The molecule has 0 unspecified atom stereocenters. The summed E-state index contributed by atoms with van der Waals surface area (Å²) in [5.74, 6) is 0.0967. The molecule has 1 fully saturated rings. The number of carbonyl (C=O) groups is 1. The Balaban J connectivity index is 1.60. The van der Waals surface area contributed by atoms with Crippen molar-refractivity contribution in [2.24, 2.45) is 0 Å². The third-order valence-corrected chi connectivity index (χ3v) is 4.84. The first-order valence-corrected chi connectivity index (χ1v) is 8.33. The van der Waals surface area contributed by atoms with Gasteiger partial charge >= 0.3 is 0 Å². The smallest absolute Gasteiger partial charge is 0.274 e. The van der Waals surface area contributed by atoms with Crippen LogP contribution in [0.15, 0.2) is 6.07 Å². The van der Waals surface area contributed by atoms with Gasteiger partial charge < -0.3 is 9.80 Å². The lowest BCUT2D eigenvalue weighted by Gasteiger charge is -2.34. The summed E-state index contributed by atoms with van der Waals surface area (Å²) in [6.45, 7) is 7.83. The van der Waals surface area contributed by atoms with Crippen molar-refractivity contribution in [1.29, 1.82) is 0 Å². The Morgan fingerprint density at radius 2 is 2.05 bits per heavy atom. The Morgan fingerprint density at radius 1 is 1.32 bits per heavy atom. The molecule has 2 aliphatic heterocycles. The topological polar surface area (TPSA) is 44.6 Å². The number of aromatic nitrogens is 2. The van der Waals surface area contributed by atoms with E-state index in [0.29, 0.717) is 11.7 Å². The standard InChI is InChI=1S/C16H27N5O/c1-4-5-19-6-8-20(9-7-19)16(22)15-11-13-10-14(18(2)3)12-21(13)17-15/h11,14H,4-10,12H2,1-3H3/t14-/m0/s1. The molecule has 3 heterocycles. The Hall–Kier alpha value is -1.40. The molecule has 122 valence electrons. The van der Waals surface area contributed by atoms with E-state index in [1.807, 2.05) is 15.6 Å². The highest BCUT2D eigenvalue weighted by Gasteiger charge is 2.29. The van der Waals surface area contributed by atoms with E-state index in [2.05, 4.69) is 35.9 Å². The monoisotopic (exact) mass is 305 g/mol. The van der Waals surface area contributed by atoms with Gasteiger partial charge in [-0.2, -0.15) is 5.10 Å². The zero-order chi connectivity index (χ0) is 15.7. The minimum atomic E-state index is 0.0967. The molecule has 0 bridgehead atoms. The van der Waals surface area contributed by atoms with E-state index in [9.17, 15) is 4.79 Å². The molecule has 0 spiro atoms. The van der Waals surface area contributed by atoms with Gasteiger partial charge in [0, 0.05) is 44.3 Å². The van der Waals surface area contributed by atoms with Crippen LogP contribution >= 0.6 is 0 Å². The van der Waals surface area contributed by atoms with Crippen molar-refractivity contribution in [2.45, 2.75) is 32.4 Å². The SMILES string of the molecule is CCCN1CCN(C(=O)c2cc3n(n2)C[C@@H](N(C)C)C3)CC1. The summed E-state index contributed by atoms with van der Waals surface area (Å²) in [5, 5.41) is 4.54. The lowest BCUT2D eigenvalue weighted by Crippen LogP contribution is -2.48. The van der Waals surface area contributed by atoms with Gasteiger partial charge in [0.2, 0.25) is 0 Å². The van der Waals surface area contributed by atoms with E-state index in [1.54, 1.807) is 0 Å². The third-order valence-electron chi connectivity index (χ3n) is 4.84. The van der Waals surface area contributed by atoms with Crippen LogP contribution in [0.2, 0.25) is 0 Å². The van der Waals surface area contributed by atoms with Crippen LogP contribution in [-0.2, 0) is 13.0 Å². The molecule has 0 N–H and O–H groups in total. The number of hydrogen-bond donors (Lipinski definition) is 0. The van der Waals surface area contributed by atoms with Crippen molar-refractivity contribution in [3.63, 3.8) is 0 Å². The van der Waals surface area contributed by atoms with Gasteiger partial charge in [0.1, 0.15) is 0 Å². The largest absolute Gasteiger partial charge is 0.335 e. The number of likely N-dealkylation sites (N-methyl/N-ethyl adjacent to an activating group) is 1. The van der Waals surface area contributed by atoms with Crippen molar-refractivity contribution in [3.05, 3.63) is 17.5 Å². The zero-order valence-corrected chi connectivity index (χ0v) is 14.0. The van der Waals surface area contributed by atoms with Crippen LogP contribution in [0.5, 0.6) is 0 Å². The van der Waals surface area contributed by atoms with Crippen LogP contribution in [0.25, 0.3) is 0 Å². The highest BCUT2D eigenvalue weighted by molar-refractivity contribution is 5.92. The molecule has 22 heavy (non-hydrogen) atoms. The summed E-state index contributed by atoms with van der Waals surface area (Å²) in [4.78, 5) is 19.2. The summed E-state index contributed by atoms with van der Waals surface area (Å²) in [6, 6.07) is 2.49. The molecule has 0 radical (unpaired) electrons. The zero-order valence-electron chi connectivity index (χ0n) is 14.0. The first kappa shape index (κ1) is 15.5. The van der Waals surface area contributed by atoms with Gasteiger partial charge in [0.05, 0.1) is 6.54 Å². The number of rotatable bonds is 4. The summed E-state index contributed by atoms with van der Waals surface area (Å²) in [7, 11) is 4.19. The second kappa shape index (κ2) is 6.38. The fraction of sp³-hybridized carbons (Fsp3) is 0.750. The van der Waals surface area contributed by atoms with Crippen LogP contribution in [0, 0.1) is 0 Å². The second-order valence-electron chi connectivity index (χ2n) is 6.66. The molecule has 1 saturated heterocycles. The number of piperazine rings is 1. The lowest BCUT2D eigenvalue weighted by atomic mass is 10.2. The first-order chi connectivity index (χ1) is 10.6. The van der Waals surface area contributed by atoms with Gasteiger partial charge in [-0.05, 0) is 33.1 Å². The van der Waals surface area contributed by atoms with Crippen LogP contribution in [0.1, 0.15) is 29.5 Å². The average molecular weight is 305 g/mol. The number of amides is 1. The van der Waals surface area contributed by atoms with Crippen molar-refractivity contribution in [3.8, 4) is 0 Å². The molecule has 3 rings (SSSR count). The Kier molecular flexibility index (Phi) is 4.49. The molecular weight excluding hydrogens is 278 g/mol. The molecular formula is C16H27N5O. The van der Waals surface area contributed by atoms with Gasteiger partial charge in [-0.15, -0.1) is 0 Å². The normalized spacial score (nSPS) is 22.4. The number of hydrogen-bond acceptors (Lipinski definition) is 4. The summed E-state index contributed by atoms with van der Waals surface area (Å²) in [5.41, 5.74) is 1.81. The van der Waals surface area contributed by atoms with Crippen LogP contribution in [-0.4, -0.2) is 83.2 Å². The number of nitrogens with zero attached hydrogens (tertiary/aromatic N) is 5. The Labute approximate surface area is 132 Å². The van der Waals surface area contributed by atoms with Crippen molar-refractivity contribution >= 4 is 5.91 Å². The van der Waals surface area contributed by atoms with E-state index < -0.39 is 0 Å². The molecule has 1 aromatic heterocycles. The highest BCUT2D eigenvalue weighted by Crippen LogP contribution is 2.20. The predicted molar refractivity (Wildman–Crippen MR) is 86.0 cm³/mol. The highest BCUT2D eigenvalue weighted by atomic mass is 16.2. The molecule has 6 nitrogen and oxygen atoms in total. The van der Waals surface area contributed by atoms with E-state index in [-0.39, 0.29) is 5.91 Å². The average Bonchev–Trinajstić information content (AvgIpc) is 3.06. The van der Waals surface area contributed by atoms with Gasteiger partial charge in [0.25, 0.3) is 5.91 Å². The third kappa shape index (κ3) is 3.03. The maximum absolute atomic E-state index is 12.6. The summed E-state index contributed by atoms with van der Waals surface area (Å²) < 4.78 is 2.01. The first-order valence-electron chi connectivity index (χ1n) is 8.33. The molecule has 1 atom stereocenters. The maximum Gasteiger partial charge on any atom is 0.274 e. The van der Waals surface area contributed by atoms with Crippen molar-refractivity contribution in [1.82, 2.24) is 24.5 Å². The van der Waals surface area contributed by atoms with E-state index >= 15 is 0 Å². The molecule has 0 aliphatic carbocycles. The van der Waals surface area contributed by atoms with Crippen LogP contribution < -0.4 is 0 Å². The number of fused-ring (bicyclic) bond motifs is 1. The van der Waals surface area contributed by atoms with E-state index in [1.165, 1.54) is 12.1 Å². The fourth-order valence-electron chi connectivity index (χ4n) is 3.39. The maximum atomic E-state index is 12.6. The lowest BCUT2D eigenvalue weighted by molar-refractivity contribution is 0.0630. The molecule has 0 aromatic carbocycles. The van der Waals surface area contributed by atoms with Gasteiger partial charge in [-0.1, -0.05) is 6.92 Å². The van der Waals surface area contributed by atoms with Gasteiger partial charge in [-0.3, -0.25) is 14.4 Å². The molecule has 2 aliphatic rings. The minimum Gasteiger partial charge on any atom is -0.335 e. The predicted octanol–water partition coefficient (Wildman–Crippen LogP) is 0.537.